The van der Waals surface area contributed by atoms with Crippen LogP contribution in [0.3, 0.4) is 0 Å². The van der Waals surface area contributed by atoms with Crippen LogP contribution in [-0.2, 0) is 14.3 Å². The number of hydrogen-bond acceptors (Lipinski definition) is 4. The van der Waals surface area contributed by atoms with Crippen LogP contribution in [0.25, 0.3) is 0 Å². The Morgan fingerprint density at radius 2 is 2.05 bits per heavy atom. The molecule has 0 bridgehead atoms. The summed E-state index contributed by atoms with van der Waals surface area (Å²) in [6.45, 7) is 3.89. The van der Waals surface area contributed by atoms with Crippen molar-refractivity contribution in [2.75, 3.05) is 26.3 Å². The molecule has 0 aromatic carbocycles. The number of aliphatic carboxylic acids is 1. The fourth-order valence-corrected chi connectivity index (χ4v) is 2.21. The van der Waals surface area contributed by atoms with E-state index in [2.05, 4.69) is 5.32 Å². The number of carbonyl (C=O) groups excluding carboxylic acids is 1. The van der Waals surface area contributed by atoms with Crippen LogP contribution >= 0.6 is 0 Å². The van der Waals surface area contributed by atoms with E-state index in [0.29, 0.717) is 45.6 Å². The van der Waals surface area contributed by atoms with Crippen LogP contribution in [-0.4, -0.2) is 43.3 Å². The van der Waals surface area contributed by atoms with Crippen molar-refractivity contribution < 1.29 is 19.4 Å². The first-order valence-electron chi connectivity index (χ1n) is 6.78. The van der Waals surface area contributed by atoms with E-state index in [-0.39, 0.29) is 18.2 Å². The predicted octanol–water partition coefficient (Wildman–Crippen LogP) is 0.359. The molecule has 0 aliphatic carbocycles. The minimum Gasteiger partial charge on any atom is -0.481 e. The lowest BCUT2D eigenvalue weighted by Crippen LogP contribution is -2.49. The first kappa shape index (κ1) is 15.9. The van der Waals surface area contributed by atoms with Crippen molar-refractivity contribution in [1.29, 1.82) is 0 Å². The molecule has 1 unspecified atom stereocenters. The molecule has 0 aromatic heterocycles. The number of carbonyl (C=O) groups is 2. The van der Waals surface area contributed by atoms with Crippen molar-refractivity contribution in [3.63, 3.8) is 0 Å². The van der Waals surface area contributed by atoms with E-state index in [9.17, 15) is 9.59 Å². The normalized spacial score (nSPS) is 19.7. The largest absolute Gasteiger partial charge is 0.481 e. The number of carboxylic acids is 1. The Morgan fingerprint density at radius 3 is 2.58 bits per heavy atom. The van der Waals surface area contributed by atoms with Gasteiger partial charge in [-0.1, -0.05) is 6.92 Å². The maximum atomic E-state index is 12.2. The maximum absolute atomic E-state index is 12.2. The molecule has 1 aliphatic rings. The van der Waals surface area contributed by atoms with Crippen molar-refractivity contribution in [2.45, 2.75) is 32.6 Å². The number of hydrogen-bond donors (Lipinski definition) is 3. The van der Waals surface area contributed by atoms with Crippen LogP contribution < -0.4 is 11.1 Å². The van der Waals surface area contributed by atoms with E-state index in [1.54, 1.807) is 0 Å². The second-order valence-electron chi connectivity index (χ2n) is 5.34. The second-order valence-corrected chi connectivity index (χ2v) is 5.34. The van der Waals surface area contributed by atoms with Crippen molar-refractivity contribution in [3.8, 4) is 0 Å². The van der Waals surface area contributed by atoms with E-state index in [1.807, 2.05) is 6.92 Å². The molecular formula is C13H24N2O4. The molecule has 19 heavy (non-hydrogen) atoms. The van der Waals surface area contributed by atoms with E-state index < -0.39 is 11.4 Å². The van der Waals surface area contributed by atoms with Crippen LogP contribution in [0, 0.1) is 11.3 Å². The Balaban J connectivity index is 2.38. The molecular weight excluding hydrogens is 248 g/mol. The first-order valence-corrected chi connectivity index (χ1v) is 6.78. The SMILES string of the molecule is CC(CCC(=O)O)CNC(=O)C1(CN)CCOCC1. The molecule has 0 saturated carbocycles. The summed E-state index contributed by atoms with van der Waals surface area (Å²) in [6, 6.07) is 0. The molecule has 1 amide bonds. The zero-order chi connectivity index (χ0) is 14.3. The van der Waals surface area contributed by atoms with E-state index in [1.165, 1.54) is 0 Å². The van der Waals surface area contributed by atoms with Crippen LogP contribution in [0.4, 0.5) is 0 Å². The third-order valence-corrected chi connectivity index (χ3v) is 3.78. The highest BCUT2D eigenvalue weighted by molar-refractivity contribution is 5.83. The summed E-state index contributed by atoms with van der Waals surface area (Å²) in [5.41, 5.74) is 5.24. The molecule has 0 radical (unpaired) electrons. The average molecular weight is 272 g/mol. The Hall–Kier alpha value is -1.14. The quantitative estimate of drug-likeness (QED) is 0.621. The van der Waals surface area contributed by atoms with Gasteiger partial charge in [0.25, 0.3) is 0 Å². The molecule has 1 heterocycles. The third-order valence-electron chi connectivity index (χ3n) is 3.78. The highest BCUT2D eigenvalue weighted by Crippen LogP contribution is 2.29. The molecule has 1 atom stereocenters. The lowest BCUT2D eigenvalue weighted by molar-refractivity contribution is -0.137. The van der Waals surface area contributed by atoms with Crippen molar-refractivity contribution in [1.82, 2.24) is 5.32 Å². The number of ether oxygens (including phenoxy) is 1. The molecule has 1 fully saturated rings. The minimum absolute atomic E-state index is 0.0273. The van der Waals surface area contributed by atoms with Gasteiger partial charge in [0, 0.05) is 32.7 Å². The third kappa shape index (κ3) is 4.80. The van der Waals surface area contributed by atoms with Gasteiger partial charge in [0.2, 0.25) is 5.91 Å². The topological polar surface area (TPSA) is 102 Å². The molecule has 1 saturated heterocycles. The van der Waals surface area contributed by atoms with Gasteiger partial charge in [-0.2, -0.15) is 0 Å². The fourth-order valence-electron chi connectivity index (χ4n) is 2.21. The van der Waals surface area contributed by atoms with Crippen LogP contribution in [0.1, 0.15) is 32.6 Å². The van der Waals surface area contributed by atoms with Gasteiger partial charge in [-0.25, -0.2) is 0 Å². The number of carboxylic acid groups (broad SMARTS) is 1. The fraction of sp³-hybridized carbons (Fsp3) is 0.846. The molecule has 110 valence electrons. The molecule has 1 aliphatic heterocycles. The summed E-state index contributed by atoms with van der Waals surface area (Å²) in [7, 11) is 0. The van der Waals surface area contributed by atoms with Crippen LogP contribution in [0.2, 0.25) is 0 Å². The van der Waals surface area contributed by atoms with Gasteiger partial charge in [-0.3, -0.25) is 9.59 Å². The van der Waals surface area contributed by atoms with Gasteiger partial charge in [0.05, 0.1) is 5.41 Å². The Morgan fingerprint density at radius 1 is 1.42 bits per heavy atom. The van der Waals surface area contributed by atoms with Crippen LogP contribution in [0.15, 0.2) is 0 Å². The summed E-state index contributed by atoms with van der Waals surface area (Å²) in [4.78, 5) is 22.7. The van der Waals surface area contributed by atoms with Gasteiger partial charge in [0.1, 0.15) is 0 Å². The highest BCUT2D eigenvalue weighted by atomic mass is 16.5. The lowest BCUT2D eigenvalue weighted by atomic mass is 9.79. The zero-order valence-electron chi connectivity index (χ0n) is 11.5. The van der Waals surface area contributed by atoms with E-state index >= 15 is 0 Å². The van der Waals surface area contributed by atoms with Gasteiger partial charge < -0.3 is 20.9 Å². The summed E-state index contributed by atoms with van der Waals surface area (Å²) in [5.74, 6) is -0.684. The Bertz CT molecular complexity index is 314. The van der Waals surface area contributed by atoms with Crippen molar-refractivity contribution in [3.05, 3.63) is 0 Å². The summed E-state index contributed by atoms with van der Waals surface area (Å²) in [5, 5.41) is 11.5. The molecule has 0 spiro atoms. The first-order chi connectivity index (χ1) is 9.00. The summed E-state index contributed by atoms with van der Waals surface area (Å²) >= 11 is 0. The van der Waals surface area contributed by atoms with Gasteiger partial charge in [0.15, 0.2) is 0 Å². The smallest absolute Gasteiger partial charge is 0.303 e. The van der Waals surface area contributed by atoms with Gasteiger partial charge >= 0.3 is 5.97 Å². The molecule has 6 heteroatoms. The summed E-state index contributed by atoms with van der Waals surface area (Å²) < 4.78 is 5.27. The standard InChI is InChI=1S/C13H24N2O4/c1-10(2-3-11(16)17)8-15-12(18)13(9-14)4-6-19-7-5-13/h10H,2-9,14H2,1H3,(H,15,18)(H,16,17). The number of nitrogens with two attached hydrogens (primary N) is 1. The van der Waals surface area contributed by atoms with Crippen molar-refractivity contribution >= 4 is 11.9 Å². The van der Waals surface area contributed by atoms with Crippen molar-refractivity contribution in [2.24, 2.45) is 17.1 Å². The number of rotatable bonds is 7. The minimum atomic E-state index is -0.805. The molecule has 4 N–H and O–H groups in total. The van der Waals surface area contributed by atoms with E-state index in [0.717, 1.165) is 0 Å². The maximum Gasteiger partial charge on any atom is 0.303 e. The van der Waals surface area contributed by atoms with Gasteiger partial charge in [-0.15, -0.1) is 0 Å². The molecule has 0 aromatic rings. The zero-order valence-corrected chi connectivity index (χ0v) is 11.5. The average Bonchev–Trinajstić information content (AvgIpc) is 2.43. The van der Waals surface area contributed by atoms with E-state index in [4.69, 9.17) is 15.6 Å². The number of nitrogens with one attached hydrogen (secondary N) is 1. The predicted molar refractivity (Wildman–Crippen MR) is 70.6 cm³/mol. The summed E-state index contributed by atoms with van der Waals surface area (Å²) in [6.07, 6.45) is 2.00. The second kappa shape index (κ2) is 7.45. The molecule has 1 rings (SSSR count). The lowest BCUT2D eigenvalue weighted by Gasteiger charge is -2.34. The van der Waals surface area contributed by atoms with Crippen LogP contribution in [0.5, 0.6) is 0 Å². The Labute approximate surface area is 113 Å². The number of amides is 1. The highest BCUT2D eigenvalue weighted by Gasteiger charge is 2.38. The van der Waals surface area contributed by atoms with Gasteiger partial charge in [-0.05, 0) is 25.2 Å². The molecule has 6 nitrogen and oxygen atoms in total. The Kier molecular flexibility index (Phi) is 6.24. The monoisotopic (exact) mass is 272 g/mol.